The number of thiocarbonyl (C=S) groups is 1. The monoisotopic (exact) mass is 131 g/mol. The van der Waals surface area contributed by atoms with Crippen LogP contribution in [0.15, 0.2) is 12.7 Å². The molecule has 0 amide bonds. The van der Waals surface area contributed by atoms with Crippen LogP contribution in [0.3, 0.4) is 0 Å². The van der Waals surface area contributed by atoms with E-state index in [0.717, 1.165) is 0 Å². The van der Waals surface area contributed by atoms with Crippen LogP contribution in [-0.4, -0.2) is 16.4 Å². The van der Waals surface area contributed by atoms with Crippen molar-refractivity contribution < 1.29 is 5.11 Å². The first-order valence-electron chi connectivity index (χ1n) is 2.03. The van der Waals surface area contributed by atoms with E-state index in [1.54, 1.807) is 12.1 Å². The lowest BCUT2D eigenvalue weighted by atomic mass is 10.4. The minimum atomic E-state index is -0.352. The molecule has 0 saturated heterocycles. The van der Waals surface area contributed by atoms with Crippen molar-refractivity contribution in [3.63, 3.8) is 0 Å². The van der Waals surface area contributed by atoms with Gasteiger partial charge in [0.25, 0.3) is 0 Å². The van der Waals surface area contributed by atoms with E-state index in [0.29, 0.717) is 0 Å². The molecule has 0 rings (SSSR count). The minimum absolute atomic E-state index is 0.352. The van der Waals surface area contributed by atoms with E-state index >= 15 is 0 Å². The van der Waals surface area contributed by atoms with Crippen molar-refractivity contribution in [2.24, 2.45) is 0 Å². The molecule has 0 aliphatic carbocycles. The molecule has 0 radical (unpaired) electrons. The smallest absolute Gasteiger partial charge is 0.0690 e. The molecule has 0 spiro atoms. The molecule has 0 bridgehead atoms. The molecule has 0 fully saturated rings. The molecule has 2 N–H and O–H groups in total. The molecular formula is C5H9NOS. The fourth-order valence-electron chi connectivity index (χ4n) is 0. The zero-order chi connectivity index (χ0) is 6.99. The second kappa shape index (κ2) is 9.71. The molecule has 0 saturated carbocycles. The van der Waals surface area contributed by atoms with Gasteiger partial charge < -0.3 is 5.11 Å². The molecule has 0 aromatic rings. The third-order valence-corrected chi connectivity index (χ3v) is 0.341. The molecule has 0 heterocycles. The van der Waals surface area contributed by atoms with Crippen molar-refractivity contribution in [2.45, 2.75) is 13.0 Å². The van der Waals surface area contributed by atoms with Crippen LogP contribution in [0.5, 0.6) is 0 Å². The fraction of sp³-hybridized carbons (Fsp3) is 0.400. The third-order valence-electron chi connectivity index (χ3n) is 0.341. The summed E-state index contributed by atoms with van der Waals surface area (Å²) >= 11 is 3.81. The standard InChI is InChI=1S/C4H8O.CHNS/c1-3-4(2)5;2-1-3/h3-5H,1H2,2H3;2H. The van der Waals surface area contributed by atoms with Crippen molar-refractivity contribution in [1.29, 1.82) is 5.41 Å². The third kappa shape index (κ3) is 49.5. The molecule has 0 aliphatic heterocycles. The van der Waals surface area contributed by atoms with Gasteiger partial charge in [-0.05, 0) is 19.1 Å². The molecular weight excluding hydrogens is 122 g/mol. The highest BCUT2D eigenvalue weighted by atomic mass is 32.1. The second-order valence-corrected chi connectivity index (χ2v) is 1.28. The van der Waals surface area contributed by atoms with Crippen molar-refractivity contribution in [1.82, 2.24) is 0 Å². The van der Waals surface area contributed by atoms with Crippen LogP contribution in [0.2, 0.25) is 0 Å². The summed E-state index contributed by atoms with van der Waals surface area (Å²) in [6, 6.07) is 0. The number of rotatable bonds is 1. The van der Waals surface area contributed by atoms with Gasteiger partial charge in [0.2, 0.25) is 0 Å². The van der Waals surface area contributed by atoms with E-state index < -0.39 is 0 Å². The van der Waals surface area contributed by atoms with Crippen LogP contribution < -0.4 is 0 Å². The Hall–Kier alpha value is -0.500. The Morgan fingerprint density at radius 2 is 2.12 bits per heavy atom. The quantitative estimate of drug-likeness (QED) is 0.319. The number of hydrogen-bond acceptors (Lipinski definition) is 3. The molecule has 0 aliphatic rings. The predicted octanol–water partition coefficient (Wildman–Crippen LogP) is 1.22. The van der Waals surface area contributed by atoms with Gasteiger partial charge in [0.05, 0.1) is 11.3 Å². The number of nitrogens with one attached hydrogen (secondary N) is 1. The van der Waals surface area contributed by atoms with Crippen LogP contribution >= 0.6 is 12.2 Å². The van der Waals surface area contributed by atoms with E-state index in [-0.39, 0.29) is 6.10 Å². The lowest BCUT2D eigenvalue weighted by Gasteiger charge is -1.84. The average molecular weight is 131 g/mol. The van der Waals surface area contributed by atoms with Crippen LogP contribution in [-0.2, 0) is 0 Å². The summed E-state index contributed by atoms with van der Waals surface area (Å²) < 4.78 is 0. The summed E-state index contributed by atoms with van der Waals surface area (Å²) in [6.07, 6.45) is 1.12. The van der Waals surface area contributed by atoms with Crippen LogP contribution in [0.4, 0.5) is 0 Å². The van der Waals surface area contributed by atoms with Gasteiger partial charge in [-0.2, -0.15) is 0 Å². The lowest BCUT2D eigenvalue weighted by Crippen LogP contribution is -1.88. The first-order valence-corrected chi connectivity index (χ1v) is 2.44. The SMILES string of the molecule is C=CC(C)O.N=C=S. The number of aliphatic hydroxyl groups is 1. The maximum absolute atomic E-state index is 8.24. The molecule has 46 valence electrons. The number of aliphatic hydroxyl groups excluding tert-OH is 1. The Balaban J connectivity index is 0. The largest absolute Gasteiger partial charge is 0.389 e. The molecule has 3 heteroatoms. The lowest BCUT2D eigenvalue weighted by molar-refractivity contribution is 0.244. The van der Waals surface area contributed by atoms with Crippen molar-refractivity contribution in [3.05, 3.63) is 12.7 Å². The van der Waals surface area contributed by atoms with Gasteiger partial charge in [-0.1, -0.05) is 6.08 Å². The Kier molecular flexibility index (Phi) is 12.7. The molecule has 1 atom stereocenters. The minimum Gasteiger partial charge on any atom is -0.389 e. The highest BCUT2D eigenvalue weighted by Gasteiger charge is 1.75. The summed E-state index contributed by atoms with van der Waals surface area (Å²) in [4.78, 5) is 0. The first kappa shape index (κ1) is 10.5. The maximum Gasteiger partial charge on any atom is 0.0690 e. The van der Waals surface area contributed by atoms with E-state index in [4.69, 9.17) is 10.5 Å². The Labute approximate surface area is 54.4 Å². The molecule has 1 unspecified atom stereocenters. The van der Waals surface area contributed by atoms with E-state index in [1.165, 1.54) is 6.08 Å². The fourth-order valence-corrected chi connectivity index (χ4v) is 0. The van der Waals surface area contributed by atoms with Gasteiger partial charge in [-0.3, -0.25) is 0 Å². The molecule has 0 aromatic heterocycles. The highest BCUT2D eigenvalue weighted by Crippen LogP contribution is 1.73. The summed E-state index contributed by atoms with van der Waals surface area (Å²) in [5.74, 6) is 0. The maximum atomic E-state index is 8.24. The number of hydrogen-bond donors (Lipinski definition) is 2. The van der Waals surface area contributed by atoms with Crippen LogP contribution in [0, 0.1) is 5.41 Å². The first-order chi connectivity index (χ1) is 3.68. The van der Waals surface area contributed by atoms with Gasteiger partial charge in [0.15, 0.2) is 0 Å². The van der Waals surface area contributed by atoms with E-state index in [9.17, 15) is 0 Å². The van der Waals surface area contributed by atoms with Crippen molar-refractivity contribution in [2.75, 3.05) is 0 Å². The average Bonchev–Trinajstić information content (AvgIpc) is 1.69. The van der Waals surface area contributed by atoms with Gasteiger partial charge in [-0.25, -0.2) is 5.41 Å². The van der Waals surface area contributed by atoms with Gasteiger partial charge >= 0.3 is 0 Å². The second-order valence-electron chi connectivity index (χ2n) is 1.08. The van der Waals surface area contributed by atoms with Gasteiger partial charge in [0.1, 0.15) is 0 Å². The zero-order valence-electron chi connectivity index (χ0n) is 4.72. The van der Waals surface area contributed by atoms with Crippen LogP contribution in [0.1, 0.15) is 6.92 Å². The summed E-state index contributed by atoms with van der Waals surface area (Å²) in [7, 11) is 0. The topological polar surface area (TPSA) is 44.1 Å². The Morgan fingerprint density at radius 3 is 2.12 bits per heavy atom. The predicted molar refractivity (Wildman–Crippen MR) is 37.2 cm³/mol. The summed E-state index contributed by atoms with van der Waals surface area (Å²) in [6.45, 7) is 4.97. The highest BCUT2D eigenvalue weighted by molar-refractivity contribution is 7.78. The van der Waals surface area contributed by atoms with Crippen molar-refractivity contribution >= 4 is 17.4 Å². The number of isothiocyanates is 1. The summed E-state index contributed by atoms with van der Waals surface area (Å²) in [5, 5.41) is 15.6. The Morgan fingerprint density at radius 1 is 2.00 bits per heavy atom. The van der Waals surface area contributed by atoms with E-state index in [2.05, 4.69) is 18.8 Å². The summed E-state index contributed by atoms with van der Waals surface area (Å²) in [5.41, 5.74) is 0. The molecule has 2 nitrogen and oxygen atoms in total. The molecule has 0 aromatic carbocycles. The Bertz CT molecular complexity index is 84.4. The zero-order valence-corrected chi connectivity index (χ0v) is 5.53. The normalized spacial score (nSPS) is 9.75. The van der Waals surface area contributed by atoms with Gasteiger partial charge in [0, 0.05) is 0 Å². The van der Waals surface area contributed by atoms with E-state index in [1.807, 2.05) is 0 Å². The van der Waals surface area contributed by atoms with Gasteiger partial charge in [-0.15, -0.1) is 6.58 Å². The van der Waals surface area contributed by atoms with Crippen molar-refractivity contribution in [3.8, 4) is 0 Å². The van der Waals surface area contributed by atoms with Crippen LogP contribution in [0.25, 0.3) is 0 Å². The molecule has 8 heavy (non-hydrogen) atoms.